The number of rotatable bonds is 6. The van der Waals surface area contributed by atoms with Gasteiger partial charge in [0, 0.05) is 17.8 Å². The van der Waals surface area contributed by atoms with E-state index in [1.54, 1.807) is 42.5 Å². The third-order valence-corrected chi connectivity index (χ3v) is 4.57. The molecule has 2 aromatic carbocycles. The van der Waals surface area contributed by atoms with E-state index in [9.17, 15) is 14.9 Å². The Morgan fingerprint density at radius 2 is 1.81 bits per heavy atom. The molecule has 158 valence electrons. The minimum Gasteiger partial charge on any atom is -0.283 e. The third kappa shape index (κ3) is 4.38. The van der Waals surface area contributed by atoms with E-state index in [0.29, 0.717) is 17.1 Å². The van der Waals surface area contributed by atoms with Gasteiger partial charge in [0.2, 0.25) is 0 Å². The minimum absolute atomic E-state index is 0.0959. The number of para-hydroxylation sites is 1. The number of aromatic nitrogens is 2. The number of fused-ring (bicyclic) bond motifs is 1. The van der Waals surface area contributed by atoms with E-state index in [0.717, 1.165) is 11.3 Å². The molecular formula is C22H17N7O3. The first-order valence-corrected chi connectivity index (χ1v) is 9.55. The number of hydrogen-bond acceptors (Lipinski definition) is 7. The van der Waals surface area contributed by atoms with Crippen LogP contribution >= 0.6 is 0 Å². The van der Waals surface area contributed by atoms with Gasteiger partial charge in [0.1, 0.15) is 5.65 Å². The fourth-order valence-electron chi connectivity index (χ4n) is 2.99. The standard InChI is InChI=1S/C22H17N7O3/c1-15-21(28-13-5-4-8-20(28)24-15)26-25-18-11-9-16(10-12-18)22(30)27-23-14-17-6-2-3-7-19(17)29(31)32/h2-14H,1H3,(H,27,30)/b23-14+,26-25?. The molecule has 10 nitrogen and oxygen atoms in total. The number of amides is 1. The fourth-order valence-corrected chi connectivity index (χ4v) is 2.99. The maximum absolute atomic E-state index is 12.3. The molecule has 1 amide bonds. The molecule has 0 aliphatic rings. The zero-order valence-electron chi connectivity index (χ0n) is 16.9. The number of nitro benzene ring substituents is 1. The smallest absolute Gasteiger partial charge is 0.278 e. The summed E-state index contributed by atoms with van der Waals surface area (Å²) in [6.07, 6.45) is 3.10. The molecule has 0 fully saturated rings. The second-order valence-electron chi connectivity index (χ2n) is 6.71. The van der Waals surface area contributed by atoms with E-state index < -0.39 is 10.8 Å². The van der Waals surface area contributed by atoms with Crippen molar-refractivity contribution < 1.29 is 9.72 Å². The molecule has 0 spiro atoms. The predicted octanol–water partition coefficient (Wildman–Crippen LogP) is 4.73. The van der Waals surface area contributed by atoms with Crippen LogP contribution in [0.4, 0.5) is 17.2 Å². The molecule has 2 aromatic heterocycles. The maximum Gasteiger partial charge on any atom is 0.278 e. The summed E-state index contributed by atoms with van der Waals surface area (Å²) in [5, 5.41) is 23.3. The Morgan fingerprint density at radius 3 is 2.59 bits per heavy atom. The molecule has 0 aliphatic heterocycles. The van der Waals surface area contributed by atoms with Gasteiger partial charge in [0.25, 0.3) is 11.6 Å². The lowest BCUT2D eigenvalue weighted by Crippen LogP contribution is -2.17. The molecule has 4 rings (SSSR count). The van der Waals surface area contributed by atoms with Crippen LogP contribution in [0.2, 0.25) is 0 Å². The summed E-state index contributed by atoms with van der Waals surface area (Å²) in [5.41, 5.74) is 5.01. The van der Waals surface area contributed by atoms with Crippen LogP contribution in [-0.2, 0) is 0 Å². The van der Waals surface area contributed by atoms with Gasteiger partial charge >= 0.3 is 0 Å². The van der Waals surface area contributed by atoms with Gasteiger partial charge in [-0.2, -0.15) is 5.10 Å². The number of hydrogen-bond donors (Lipinski definition) is 1. The highest BCUT2D eigenvalue weighted by Gasteiger charge is 2.11. The van der Waals surface area contributed by atoms with E-state index in [2.05, 4.69) is 25.7 Å². The van der Waals surface area contributed by atoms with Crippen molar-refractivity contribution in [3.63, 3.8) is 0 Å². The molecule has 0 bridgehead atoms. The predicted molar refractivity (Wildman–Crippen MR) is 119 cm³/mol. The summed E-state index contributed by atoms with van der Waals surface area (Å²) < 4.78 is 1.84. The fraction of sp³-hybridized carbons (Fsp3) is 0.0455. The van der Waals surface area contributed by atoms with Crippen LogP contribution < -0.4 is 5.43 Å². The highest BCUT2D eigenvalue weighted by molar-refractivity contribution is 5.95. The van der Waals surface area contributed by atoms with E-state index in [1.807, 2.05) is 35.7 Å². The molecule has 32 heavy (non-hydrogen) atoms. The van der Waals surface area contributed by atoms with Gasteiger partial charge in [0.15, 0.2) is 5.82 Å². The summed E-state index contributed by atoms with van der Waals surface area (Å²) in [7, 11) is 0. The van der Waals surface area contributed by atoms with E-state index in [1.165, 1.54) is 12.3 Å². The van der Waals surface area contributed by atoms with Crippen LogP contribution in [0.15, 0.2) is 88.3 Å². The molecule has 0 radical (unpaired) electrons. The maximum atomic E-state index is 12.3. The number of carbonyl (C=O) groups excluding carboxylic acids is 1. The summed E-state index contributed by atoms with van der Waals surface area (Å²) >= 11 is 0. The molecule has 0 atom stereocenters. The number of azo groups is 1. The van der Waals surface area contributed by atoms with E-state index in [4.69, 9.17) is 0 Å². The number of carbonyl (C=O) groups is 1. The molecule has 0 saturated carbocycles. The lowest BCUT2D eigenvalue weighted by atomic mass is 10.2. The number of imidazole rings is 1. The number of nitrogens with zero attached hydrogens (tertiary/aromatic N) is 6. The second kappa shape index (κ2) is 8.96. The molecule has 0 saturated heterocycles. The van der Waals surface area contributed by atoms with Gasteiger partial charge < -0.3 is 0 Å². The molecule has 4 aromatic rings. The Morgan fingerprint density at radius 1 is 1.06 bits per heavy atom. The van der Waals surface area contributed by atoms with Gasteiger partial charge in [0.05, 0.1) is 28.1 Å². The Hall–Kier alpha value is -4.73. The summed E-state index contributed by atoms with van der Waals surface area (Å²) in [6.45, 7) is 1.86. The molecular weight excluding hydrogens is 410 g/mol. The number of pyridine rings is 1. The molecule has 1 N–H and O–H groups in total. The van der Waals surface area contributed by atoms with Crippen molar-refractivity contribution in [1.82, 2.24) is 14.8 Å². The van der Waals surface area contributed by atoms with Crippen molar-refractivity contribution in [3.8, 4) is 0 Å². The highest BCUT2D eigenvalue weighted by Crippen LogP contribution is 2.23. The zero-order chi connectivity index (χ0) is 22.5. The van der Waals surface area contributed by atoms with Gasteiger partial charge in [-0.15, -0.1) is 10.2 Å². The quantitative estimate of drug-likeness (QED) is 0.206. The average molecular weight is 427 g/mol. The normalized spacial score (nSPS) is 11.4. The Labute approximate surface area is 182 Å². The van der Waals surface area contributed by atoms with Crippen LogP contribution in [0.3, 0.4) is 0 Å². The number of nitrogens with one attached hydrogen (secondary N) is 1. The first-order valence-electron chi connectivity index (χ1n) is 9.55. The Bertz CT molecular complexity index is 1360. The second-order valence-corrected chi connectivity index (χ2v) is 6.71. The van der Waals surface area contributed by atoms with Crippen LogP contribution in [0.5, 0.6) is 0 Å². The average Bonchev–Trinajstić information content (AvgIpc) is 3.13. The lowest BCUT2D eigenvalue weighted by molar-refractivity contribution is -0.385. The van der Waals surface area contributed by atoms with Crippen LogP contribution in [0.25, 0.3) is 5.65 Å². The van der Waals surface area contributed by atoms with Crippen LogP contribution in [-0.4, -0.2) is 26.4 Å². The van der Waals surface area contributed by atoms with Gasteiger partial charge in [-0.25, -0.2) is 10.4 Å². The molecule has 0 unspecified atom stereocenters. The summed E-state index contributed by atoms with van der Waals surface area (Å²) in [4.78, 5) is 27.2. The van der Waals surface area contributed by atoms with Crippen LogP contribution in [0.1, 0.15) is 21.6 Å². The van der Waals surface area contributed by atoms with Gasteiger partial charge in [-0.3, -0.25) is 19.3 Å². The summed E-state index contributed by atoms with van der Waals surface area (Å²) in [6, 6.07) is 18.3. The topological polar surface area (TPSA) is 127 Å². The molecule has 0 aliphatic carbocycles. The van der Waals surface area contributed by atoms with Crippen molar-refractivity contribution in [2.45, 2.75) is 6.92 Å². The van der Waals surface area contributed by atoms with Crippen molar-refractivity contribution in [3.05, 3.63) is 99.9 Å². The van der Waals surface area contributed by atoms with Crippen LogP contribution in [0, 0.1) is 17.0 Å². The van der Waals surface area contributed by atoms with Crippen molar-refractivity contribution in [1.29, 1.82) is 0 Å². The van der Waals surface area contributed by atoms with Gasteiger partial charge in [-0.1, -0.05) is 18.2 Å². The monoisotopic (exact) mass is 427 g/mol. The SMILES string of the molecule is Cc1nc2ccccn2c1N=Nc1ccc(C(=O)N/N=C/c2ccccc2[N+](=O)[O-])cc1. The summed E-state index contributed by atoms with van der Waals surface area (Å²) in [5.74, 6) is 0.174. The molecule has 2 heterocycles. The Balaban J connectivity index is 1.43. The lowest BCUT2D eigenvalue weighted by Gasteiger charge is -2.01. The first-order chi connectivity index (χ1) is 15.5. The largest absolute Gasteiger partial charge is 0.283 e. The number of benzene rings is 2. The third-order valence-electron chi connectivity index (χ3n) is 4.57. The number of aryl methyl sites for hydroxylation is 1. The number of nitro groups is 1. The van der Waals surface area contributed by atoms with Crippen molar-refractivity contribution in [2.24, 2.45) is 15.3 Å². The van der Waals surface area contributed by atoms with E-state index in [-0.39, 0.29) is 11.3 Å². The Kier molecular flexibility index (Phi) is 5.75. The minimum atomic E-state index is -0.509. The van der Waals surface area contributed by atoms with Gasteiger partial charge in [-0.05, 0) is 49.4 Å². The zero-order valence-corrected chi connectivity index (χ0v) is 16.9. The first kappa shape index (κ1) is 20.5. The highest BCUT2D eigenvalue weighted by atomic mass is 16.6. The number of hydrazone groups is 1. The van der Waals surface area contributed by atoms with Crippen molar-refractivity contribution >= 4 is 35.0 Å². The van der Waals surface area contributed by atoms with E-state index >= 15 is 0 Å². The van der Waals surface area contributed by atoms with Crippen molar-refractivity contribution in [2.75, 3.05) is 0 Å². The molecule has 10 heteroatoms.